The van der Waals surface area contributed by atoms with Gasteiger partial charge in [0, 0.05) is 0 Å². The number of hydrogen-bond acceptors (Lipinski definition) is 3. The number of nitrogens with one attached hydrogen (secondary N) is 1. The average molecular weight is 337 g/mol. The van der Waals surface area contributed by atoms with Crippen LogP contribution in [-0.4, -0.2) is 18.6 Å². The van der Waals surface area contributed by atoms with Crippen LogP contribution < -0.4 is 15.8 Å². The third-order valence-corrected chi connectivity index (χ3v) is 3.16. The number of alkyl halides is 2. The third kappa shape index (κ3) is 6.15. The van der Waals surface area contributed by atoms with Gasteiger partial charge in [-0.15, -0.1) is 12.4 Å². The van der Waals surface area contributed by atoms with Crippen molar-refractivity contribution in [1.29, 1.82) is 0 Å². The van der Waals surface area contributed by atoms with Crippen molar-refractivity contribution in [3.63, 3.8) is 0 Å². The molecule has 4 nitrogen and oxygen atoms in total. The summed E-state index contributed by atoms with van der Waals surface area (Å²) in [6.07, 6.45) is 0. The summed E-state index contributed by atoms with van der Waals surface area (Å²) in [4.78, 5) is 12.0. The minimum absolute atomic E-state index is 0. The standard InChI is InChI=1S/C15H22F2N2O2.ClH/c1-9(19-13(20)12(18)15(2,3)4)10-6-5-7-11(8-10)21-14(16)17;/h5-9,12,14H,18H2,1-4H3,(H,19,20);1H/t9?,12-;/m1./s1. The van der Waals surface area contributed by atoms with Crippen LogP contribution >= 0.6 is 12.4 Å². The molecule has 0 spiro atoms. The van der Waals surface area contributed by atoms with Crippen LogP contribution in [0.1, 0.15) is 39.3 Å². The smallest absolute Gasteiger partial charge is 0.387 e. The number of hydrogen-bond donors (Lipinski definition) is 2. The fraction of sp³-hybridized carbons (Fsp3) is 0.533. The molecule has 0 aliphatic rings. The number of rotatable bonds is 5. The van der Waals surface area contributed by atoms with Gasteiger partial charge in [-0.1, -0.05) is 32.9 Å². The molecule has 0 bridgehead atoms. The fourth-order valence-electron chi connectivity index (χ4n) is 1.74. The molecule has 3 N–H and O–H groups in total. The predicted octanol–water partition coefficient (Wildman–Crippen LogP) is 3.26. The molecule has 1 aromatic carbocycles. The topological polar surface area (TPSA) is 64.4 Å². The first-order valence-corrected chi connectivity index (χ1v) is 6.72. The van der Waals surface area contributed by atoms with Crippen molar-refractivity contribution in [3.8, 4) is 5.75 Å². The maximum absolute atomic E-state index is 12.2. The molecule has 0 heterocycles. The quantitative estimate of drug-likeness (QED) is 0.867. The van der Waals surface area contributed by atoms with Gasteiger partial charge < -0.3 is 15.8 Å². The van der Waals surface area contributed by atoms with E-state index in [0.29, 0.717) is 5.56 Å². The molecule has 126 valence electrons. The molecule has 1 amide bonds. The number of nitrogens with two attached hydrogens (primary N) is 1. The summed E-state index contributed by atoms with van der Waals surface area (Å²) in [5, 5.41) is 2.78. The third-order valence-electron chi connectivity index (χ3n) is 3.16. The van der Waals surface area contributed by atoms with E-state index in [-0.39, 0.29) is 35.5 Å². The van der Waals surface area contributed by atoms with Crippen LogP contribution in [0.25, 0.3) is 0 Å². The summed E-state index contributed by atoms with van der Waals surface area (Å²) in [5.41, 5.74) is 6.19. The van der Waals surface area contributed by atoms with Crippen molar-refractivity contribution in [2.24, 2.45) is 11.1 Å². The van der Waals surface area contributed by atoms with Crippen LogP contribution in [-0.2, 0) is 4.79 Å². The Morgan fingerprint density at radius 2 is 1.91 bits per heavy atom. The van der Waals surface area contributed by atoms with E-state index in [4.69, 9.17) is 5.73 Å². The van der Waals surface area contributed by atoms with Gasteiger partial charge in [0.1, 0.15) is 5.75 Å². The van der Waals surface area contributed by atoms with E-state index in [0.717, 1.165) is 0 Å². The van der Waals surface area contributed by atoms with Gasteiger partial charge in [-0.05, 0) is 30.0 Å². The molecule has 7 heteroatoms. The molecule has 0 fully saturated rings. The highest BCUT2D eigenvalue weighted by molar-refractivity contribution is 5.85. The summed E-state index contributed by atoms with van der Waals surface area (Å²) >= 11 is 0. The SMILES string of the molecule is CC(NC(=O)[C@@H](N)C(C)(C)C)c1cccc(OC(F)F)c1.Cl. The van der Waals surface area contributed by atoms with Gasteiger partial charge in [0.25, 0.3) is 0 Å². The second-order valence-corrected chi connectivity index (χ2v) is 6.02. The number of carbonyl (C=O) groups excluding carboxylic acids is 1. The van der Waals surface area contributed by atoms with Gasteiger partial charge in [-0.25, -0.2) is 0 Å². The summed E-state index contributed by atoms with van der Waals surface area (Å²) in [6, 6.07) is 5.23. The Balaban J connectivity index is 0.00000441. The molecule has 0 saturated heterocycles. The van der Waals surface area contributed by atoms with E-state index in [1.807, 2.05) is 20.8 Å². The average Bonchev–Trinajstić information content (AvgIpc) is 2.36. The van der Waals surface area contributed by atoms with E-state index < -0.39 is 12.7 Å². The highest BCUT2D eigenvalue weighted by atomic mass is 35.5. The van der Waals surface area contributed by atoms with E-state index in [2.05, 4.69) is 10.1 Å². The molecule has 0 aliphatic heterocycles. The van der Waals surface area contributed by atoms with Gasteiger partial charge in [0.2, 0.25) is 5.91 Å². The minimum atomic E-state index is -2.88. The molecule has 0 aromatic heterocycles. The van der Waals surface area contributed by atoms with Gasteiger partial charge in [0.15, 0.2) is 0 Å². The number of halogens is 3. The molecule has 22 heavy (non-hydrogen) atoms. The van der Waals surface area contributed by atoms with Crippen molar-refractivity contribution in [2.45, 2.75) is 46.4 Å². The Kier molecular flexibility index (Phi) is 7.76. The minimum Gasteiger partial charge on any atom is -0.435 e. The van der Waals surface area contributed by atoms with E-state index >= 15 is 0 Å². The van der Waals surface area contributed by atoms with Crippen molar-refractivity contribution in [1.82, 2.24) is 5.32 Å². The lowest BCUT2D eigenvalue weighted by Gasteiger charge is -2.27. The molecular formula is C15H23ClF2N2O2. The fourth-order valence-corrected chi connectivity index (χ4v) is 1.74. The monoisotopic (exact) mass is 336 g/mol. The maximum Gasteiger partial charge on any atom is 0.387 e. The Labute approximate surface area is 135 Å². The van der Waals surface area contributed by atoms with Crippen LogP contribution in [0.3, 0.4) is 0 Å². The Bertz CT molecular complexity index is 493. The first kappa shape index (κ1) is 20.6. The number of amides is 1. The van der Waals surface area contributed by atoms with Gasteiger partial charge >= 0.3 is 6.61 Å². The van der Waals surface area contributed by atoms with Crippen molar-refractivity contribution in [3.05, 3.63) is 29.8 Å². The zero-order chi connectivity index (χ0) is 16.2. The first-order valence-electron chi connectivity index (χ1n) is 6.72. The van der Waals surface area contributed by atoms with Crippen LogP contribution in [0.5, 0.6) is 5.75 Å². The van der Waals surface area contributed by atoms with Crippen LogP contribution in [0, 0.1) is 5.41 Å². The molecule has 1 aromatic rings. The van der Waals surface area contributed by atoms with Crippen molar-refractivity contribution < 1.29 is 18.3 Å². The summed E-state index contributed by atoms with van der Waals surface area (Å²) in [6.45, 7) is 4.51. The first-order chi connectivity index (χ1) is 9.61. The van der Waals surface area contributed by atoms with E-state index in [1.165, 1.54) is 12.1 Å². The molecule has 0 radical (unpaired) electrons. The zero-order valence-corrected chi connectivity index (χ0v) is 13.9. The number of carbonyl (C=O) groups is 1. The van der Waals surface area contributed by atoms with Gasteiger partial charge in [0.05, 0.1) is 12.1 Å². The lowest BCUT2D eigenvalue weighted by molar-refractivity contribution is -0.125. The molecule has 0 saturated carbocycles. The van der Waals surface area contributed by atoms with Crippen LogP contribution in [0.2, 0.25) is 0 Å². The summed E-state index contributed by atoms with van der Waals surface area (Å²) in [5.74, 6) is -0.223. The lowest BCUT2D eigenvalue weighted by Crippen LogP contribution is -2.49. The number of ether oxygens (including phenoxy) is 1. The Morgan fingerprint density at radius 1 is 1.32 bits per heavy atom. The molecule has 2 atom stereocenters. The second kappa shape index (κ2) is 8.29. The zero-order valence-electron chi connectivity index (χ0n) is 13.1. The summed E-state index contributed by atoms with van der Waals surface area (Å²) < 4.78 is 28.7. The van der Waals surface area contributed by atoms with Gasteiger partial charge in [-0.2, -0.15) is 8.78 Å². The molecule has 0 aliphatic carbocycles. The van der Waals surface area contributed by atoms with Crippen molar-refractivity contribution >= 4 is 18.3 Å². The largest absolute Gasteiger partial charge is 0.435 e. The predicted molar refractivity (Wildman–Crippen MR) is 84.3 cm³/mol. The normalized spacial score (nSPS) is 14.0. The molecule has 1 rings (SSSR count). The Hall–Kier alpha value is -1.40. The highest BCUT2D eigenvalue weighted by Gasteiger charge is 2.28. The van der Waals surface area contributed by atoms with E-state index in [9.17, 15) is 13.6 Å². The lowest BCUT2D eigenvalue weighted by atomic mass is 9.86. The Morgan fingerprint density at radius 3 is 2.41 bits per heavy atom. The second-order valence-electron chi connectivity index (χ2n) is 6.02. The van der Waals surface area contributed by atoms with Crippen LogP contribution in [0.15, 0.2) is 24.3 Å². The number of benzene rings is 1. The highest BCUT2D eigenvalue weighted by Crippen LogP contribution is 2.22. The summed E-state index contributed by atoms with van der Waals surface area (Å²) in [7, 11) is 0. The van der Waals surface area contributed by atoms with Crippen molar-refractivity contribution in [2.75, 3.05) is 0 Å². The maximum atomic E-state index is 12.2. The van der Waals surface area contributed by atoms with Crippen LogP contribution in [0.4, 0.5) is 8.78 Å². The van der Waals surface area contributed by atoms with E-state index in [1.54, 1.807) is 19.1 Å². The molecule has 1 unspecified atom stereocenters. The van der Waals surface area contributed by atoms with Gasteiger partial charge in [-0.3, -0.25) is 4.79 Å². The molecular weight excluding hydrogens is 314 g/mol.